The van der Waals surface area contributed by atoms with E-state index in [1.54, 1.807) is 7.11 Å². The van der Waals surface area contributed by atoms with Crippen molar-refractivity contribution in [3.05, 3.63) is 71.0 Å². The number of nitrogens with one attached hydrogen (secondary N) is 1. The molecule has 1 amide bonds. The first-order valence-corrected chi connectivity index (χ1v) is 9.53. The SMILES string of the molecule is C=C(Br)Cn1c(CCNC(=O)Cc2ccc(OC)cc2)nc2ccccc21. The number of ether oxygens (including phenoxy) is 1. The topological polar surface area (TPSA) is 56.2 Å². The second-order valence-corrected chi connectivity index (χ2v) is 7.37. The fourth-order valence-electron chi connectivity index (χ4n) is 2.97. The van der Waals surface area contributed by atoms with Crippen molar-refractivity contribution in [1.82, 2.24) is 14.9 Å². The smallest absolute Gasteiger partial charge is 0.224 e. The number of imidazole rings is 1. The average Bonchev–Trinajstić information content (AvgIpc) is 2.99. The van der Waals surface area contributed by atoms with Gasteiger partial charge in [-0.25, -0.2) is 4.98 Å². The van der Waals surface area contributed by atoms with E-state index >= 15 is 0 Å². The highest BCUT2D eigenvalue weighted by atomic mass is 79.9. The second kappa shape index (κ2) is 8.86. The molecule has 5 nitrogen and oxygen atoms in total. The van der Waals surface area contributed by atoms with E-state index in [4.69, 9.17) is 9.72 Å². The van der Waals surface area contributed by atoms with E-state index in [1.165, 1.54) is 0 Å². The Bertz CT molecular complexity index is 948. The van der Waals surface area contributed by atoms with Gasteiger partial charge in [0.15, 0.2) is 0 Å². The molecule has 0 aliphatic carbocycles. The standard InChI is InChI=1S/C21H22BrN3O2/c1-15(22)14-25-19-6-4-3-5-18(19)24-20(25)11-12-23-21(26)13-16-7-9-17(27-2)10-8-16/h3-10H,1,11-14H2,2H3,(H,23,26). The highest BCUT2D eigenvalue weighted by Gasteiger charge is 2.11. The maximum atomic E-state index is 12.2. The molecule has 0 saturated carbocycles. The Hall–Kier alpha value is -2.60. The lowest BCUT2D eigenvalue weighted by Gasteiger charge is -2.09. The predicted octanol–water partition coefficient (Wildman–Crippen LogP) is 3.85. The van der Waals surface area contributed by atoms with E-state index in [-0.39, 0.29) is 5.91 Å². The number of amides is 1. The summed E-state index contributed by atoms with van der Waals surface area (Å²) in [4.78, 5) is 16.9. The van der Waals surface area contributed by atoms with Crippen molar-refractivity contribution in [3.63, 3.8) is 0 Å². The van der Waals surface area contributed by atoms with Crippen molar-refractivity contribution in [2.24, 2.45) is 0 Å². The van der Waals surface area contributed by atoms with Gasteiger partial charge in [-0.3, -0.25) is 4.79 Å². The van der Waals surface area contributed by atoms with E-state index in [2.05, 4.69) is 32.4 Å². The number of fused-ring (bicyclic) bond motifs is 1. The number of benzene rings is 2. The summed E-state index contributed by atoms with van der Waals surface area (Å²) in [7, 11) is 1.62. The zero-order chi connectivity index (χ0) is 19.2. The van der Waals surface area contributed by atoms with Crippen molar-refractivity contribution in [2.45, 2.75) is 19.4 Å². The van der Waals surface area contributed by atoms with Crippen LogP contribution in [-0.2, 0) is 24.2 Å². The lowest BCUT2D eigenvalue weighted by atomic mass is 10.1. The molecule has 0 aliphatic heterocycles. The van der Waals surface area contributed by atoms with E-state index in [0.29, 0.717) is 25.9 Å². The largest absolute Gasteiger partial charge is 0.497 e. The van der Waals surface area contributed by atoms with E-state index in [1.807, 2.05) is 48.5 Å². The van der Waals surface area contributed by atoms with Crippen molar-refractivity contribution in [3.8, 4) is 5.75 Å². The lowest BCUT2D eigenvalue weighted by Crippen LogP contribution is -2.28. The molecular formula is C21H22BrN3O2. The van der Waals surface area contributed by atoms with E-state index in [0.717, 1.165) is 32.7 Å². The number of carbonyl (C=O) groups excluding carboxylic acids is 1. The van der Waals surface area contributed by atoms with E-state index < -0.39 is 0 Å². The Morgan fingerprint density at radius 1 is 1.22 bits per heavy atom. The summed E-state index contributed by atoms with van der Waals surface area (Å²) in [5.41, 5.74) is 2.97. The molecule has 140 valence electrons. The summed E-state index contributed by atoms with van der Waals surface area (Å²) >= 11 is 3.43. The fourth-order valence-corrected chi connectivity index (χ4v) is 3.22. The molecule has 3 aromatic rings. The Kier molecular flexibility index (Phi) is 6.29. The Morgan fingerprint density at radius 3 is 2.67 bits per heavy atom. The van der Waals surface area contributed by atoms with Gasteiger partial charge < -0.3 is 14.6 Å². The van der Waals surface area contributed by atoms with Gasteiger partial charge in [-0.15, -0.1) is 0 Å². The normalized spacial score (nSPS) is 10.7. The average molecular weight is 428 g/mol. The maximum Gasteiger partial charge on any atom is 0.224 e. The molecule has 0 fully saturated rings. The van der Waals surface area contributed by atoms with Gasteiger partial charge in [-0.1, -0.05) is 46.8 Å². The number of allylic oxidation sites excluding steroid dienone is 1. The number of rotatable bonds is 8. The summed E-state index contributed by atoms with van der Waals surface area (Å²) < 4.78 is 8.14. The van der Waals surface area contributed by atoms with Gasteiger partial charge in [-0.05, 0) is 29.8 Å². The number of hydrogen-bond acceptors (Lipinski definition) is 3. The molecule has 0 unspecified atom stereocenters. The monoisotopic (exact) mass is 427 g/mol. The number of para-hydroxylation sites is 2. The molecule has 27 heavy (non-hydrogen) atoms. The number of nitrogens with zero attached hydrogens (tertiary/aromatic N) is 2. The molecule has 0 spiro atoms. The zero-order valence-electron chi connectivity index (χ0n) is 15.2. The van der Waals surface area contributed by atoms with Gasteiger partial charge in [-0.2, -0.15) is 0 Å². The lowest BCUT2D eigenvalue weighted by molar-refractivity contribution is -0.120. The third-order valence-electron chi connectivity index (χ3n) is 4.26. The van der Waals surface area contributed by atoms with Gasteiger partial charge in [0, 0.05) is 17.4 Å². The second-order valence-electron chi connectivity index (χ2n) is 6.24. The number of hydrogen-bond donors (Lipinski definition) is 1. The Balaban J connectivity index is 1.61. The summed E-state index contributed by atoms with van der Waals surface area (Å²) in [5, 5.41) is 2.98. The quantitative estimate of drug-likeness (QED) is 0.593. The van der Waals surface area contributed by atoms with Gasteiger partial charge >= 0.3 is 0 Å². The highest BCUT2D eigenvalue weighted by molar-refractivity contribution is 9.11. The van der Waals surface area contributed by atoms with Crippen LogP contribution in [0.4, 0.5) is 0 Å². The first-order chi connectivity index (χ1) is 13.1. The zero-order valence-corrected chi connectivity index (χ0v) is 16.8. The van der Waals surface area contributed by atoms with Crippen LogP contribution in [0.25, 0.3) is 11.0 Å². The molecule has 6 heteroatoms. The molecule has 0 bridgehead atoms. The molecule has 0 aliphatic rings. The molecule has 0 saturated heterocycles. The number of halogens is 1. The van der Waals surface area contributed by atoms with Crippen LogP contribution < -0.4 is 10.1 Å². The van der Waals surface area contributed by atoms with Crippen molar-refractivity contribution in [1.29, 1.82) is 0 Å². The first-order valence-electron chi connectivity index (χ1n) is 8.74. The summed E-state index contributed by atoms with van der Waals surface area (Å²) in [5.74, 6) is 1.71. The Morgan fingerprint density at radius 2 is 1.96 bits per heavy atom. The van der Waals surface area contributed by atoms with Crippen LogP contribution in [0.2, 0.25) is 0 Å². The van der Waals surface area contributed by atoms with Crippen LogP contribution in [-0.4, -0.2) is 29.1 Å². The van der Waals surface area contributed by atoms with Crippen LogP contribution in [0.5, 0.6) is 5.75 Å². The number of methoxy groups -OCH3 is 1. The van der Waals surface area contributed by atoms with Crippen LogP contribution in [0, 0.1) is 0 Å². The minimum absolute atomic E-state index is 0.00673. The van der Waals surface area contributed by atoms with Gasteiger partial charge in [0.25, 0.3) is 0 Å². The van der Waals surface area contributed by atoms with Crippen LogP contribution in [0.1, 0.15) is 11.4 Å². The predicted molar refractivity (Wildman–Crippen MR) is 111 cm³/mol. The molecule has 3 rings (SSSR count). The van der Waals surface area contributed by atoms with Crippen LogP contribution in [0.15, 0.2) is 59.6 Å². The first kappa shape index (κ1) is 19.2. The third kappa shape index (κ3) is 4.98. The molecule has 0 atom stereocenters. The molecule has 1 aromatic heterocycles. The van der Waals surface area contributed by atoms with E-state index in [9.17, 15) is 4.79 Å². The third-order valence-corrected chi connectivity index (χ3v) is 4.51. The fraction of sp³-hybridized carbons (Fsp3) is 0.238. The number of carbonyl (C=O) groups is 1. The van der Waals surface area contributed by atoms with Gasteiger partial charge in [0.1, 0.15) is 11.6 Å². The number of aromatic nitrogens is 2. The summed E-state index contributed by atoms with van der Waals surface area (Å²) in [6.45, 7) is 5.12. The molecule has 2 aromatic carbocycles. The van der Waals surface area contributed by atoms with Gasteiger partial charge in [0.2, 0.25) is 5.91 Å². The summed E-state index contributed by atoms with van der Waals surface area (Å²) in [6.07, 6.45) is 1.00. The molecule has 1 N–H and O–H groups in total. The van der Waals surface area contributed by atoms with Gasteiger partial charge in [0.05, 0.1) is 31.1 Å². The minimum Gasteiger partial charge on any atom is -0.497 e. The van der Waals surface area contributed by atoms with Crippen molar-refractivity contribution < 1.29 is 9.53 Å². The molecular weight excluding hydrogens is 406 g/mol. The van der Waals surface area contributed by atoms with Crippen molar-refractivity contribution >= 4 is 32.9 Å². The minimum atomic E-state index is -0.00673. The maximum absolute atomic E-state index is 12.2. The van der Waals surface area contributed by atoms with Crippen LogP contribution >= 0.6 is 15.9 Å². The summed E-state index contributed by atoms with van der Waals surface area (Å²) in [6, 6.07) is 15.5. The molecule has 1 heterocycles. The van der Waals surface area contributed by atoms with Crippen molar-refractivity contribution in [2.75, 3.05) is 13.7 Å². The Labute approximate surface area is 167 Å². The van der Waals surface area contributed by atoms with Crippen LogP contribution in [0.3, 0.4) is 0 Å². The highest BCUT2D eigenvalue weighted by Crippen LogP contribution is 2.19. The molecule has 0 radical (unpaired) electrons.